The number of benzene rings is 1. The minimum Gasteiger partial charge on any atom is -0.493 e. The summed E-state index contributed by atoms with van der Waals surface area (Å²) in [6.45, 7) is 0.549. The molecular formula is C15H23NO4. The smallest absolute Gasteiger partial charge is 0.161 e. The molecule has 0 amide bonds. The van der Waals surface area contributed by atoms with Crippen molar-refractivity contribution in [1.82, 2.24) is 5.48 Å². The third-order valence-corrected chi connectivity index (χ3v) is 3.37. The van der Waals surface area contributed by atoms with Gasteiger partial charge in [-0.2, -0.15) is 5.48 Å². The predicted molar refractivity (Wildman–Crippen MR) is 75.8 cm³/mol. The minimum absolute atomic E-state index is 0.196. The van der Waals surface area contributed by atoms with Gasteiger partial charge in [0.2, 0.25) is 0 Å². The number of hydrogen-bond acceptors (Lipinski definition) is 5. The van der Waals surface area contributed by atoms with Gasteiger partial charge >= 0.3 is 0 Å². The lowest BCUT2D eigenvalue weighted by Crippen LogP contribution is -2.33. The normalized spacial score (nSPS) is 17.1. The zero-order valence-corrected chi connectivity index (χ0v) is 11.9. The van der Waals surface area contributed by atoms with E-state index in [1.54, 1.807) is 7.11 Å². The molecule has 0 aliphatic heterocycles. The van der Waals surface area contributed by atoms with E-state index in [2.05, 4.69) is 5.48 Å². The summed E-state index contributed by atoms with van der Waals surface area (Å²) in [6.07, 6.45) is 4.32. The first-order valence-electron chi connectivity index (χ1n) is 7.12. The van der Waals surface area contributed by atoms with Crippen molar-refractivity contribution in [1.29, 1.82) is 0 Å². The van der Waals surface area contributed by atoms with Gasteiger partial charge in [-0.25, -0.2) is 0 Å². The molecule has 0 bridgehead atoms. The molecule has 1 aliphatic carbocycles. The van der Waals surface area contributed by atoms with Gasteiger partial charge in [0, 0.05) is 0 Å². The van der Waals surface area contributed by atoms with Crippen LogP contribution in [0.3, 0.4) is 0 Å². The van der Waals surface area contributed by atoms with Gasteiger partial charge in [0.25, 0.3) is 0 Å². The van der Waals surface area contributed by atoms with E-state index in [9.17, 15) is 5.11 Å². The van der Waals surface area contributed by atoms with Crippen LogP contribution in [0.5, 0.6) is 11.5 Å². The summed E-state index contributed by atoms with van der Waals surface area (Å²) in [5, 5.41) is 9.84. The summed E-state index contributed by atoms with van der Waals surface area (Å²) in [4.78, 5) is 5.48. The monoisotopic (exact) mass is 281 g/mol. The summed E-state index contributed by atoms with van der Waals surface area (Å²) >= 11 is 0. The first-order chi connectivity index (χ1) is 9.79. The van der Waals surface area contributed by atoms with Gasteiger partial charge < -0.3 is 14.6 Å². The molecule has 1 atom stereocenters. The van der Waals surface area contributed by atoms with Gasteiger partial charge in [0.1, 0.15) is 12.7 Å². The maximum absolute atomic E-state index is 9.84. The van der Waals surface area contributed by atoms with Crippen molar-refractivity contribution < 1.29 is 19.4 Å². The summed E-state index contributed by atoms with van der Waals surface area (Å²) < 4.78 is 10.7. The number of ether oxygens (including phenoxy) is 2. The number of hydrogen-bond donors (Lipinski definition) is 2. The molecule has 5 heteroatoms. The van der Waals surface area contributed by atoms with Gasteiger partial charge in [-0.1, -0.05) is 25.0 Å². The van der Waals surface area contributed by atoms with Crippen LogP contribution < -0.4 is 15.0 Å². The molecule has 1 saturated carbocycles. The van der Waals surface area contributed by atoms with E-state index in [-0.39, 0.29) is 12.7 Å². The van der Waals surface area contributed by atoms with E-state index in [4.69, 9.17) is 14.3 Å². The van der Waals surface area contributed by atoms with E-state index in [0.29, 0.717) is 18.0 Å². The predicted octanol–water partition coefficient (Wildman–Crippen LogP) is 1.90. The van der Waals surface area contributed by atoms with Crippen molar-refractivity contribution in [2.45, 2.75) is 37.9 Å². The highest BCUT2D eigenvalue weighted by Gasteiger charge is 2.16. The Morgan fingerprint density at radius 2 is 1.95 bits per heavy atom. The SMILES string of the molecule is COc1ccccc1OCC(O)CNOC1CCCC1. The molecule has 1 aromatic rings. The lowest BCUT2D eigenvalue weighted by Gasteiger charge is -2.16. The van der Waals surface area contributed by atoms with Crippen molar-refractivity contribution in [3.05, 3.63) is 24.3 Å². The van der Waals surface area contributed by atoms with Crippen molar-refractivity contribution >= 4 is 0 Å². The standard InChI is InChI=1S/C15H23NO4/c1-18-14-8-4-5-9-15(14)19-11-12(17)10-16-20-13-6-2-3-7-13/h4-5,8-9,12-13,16-17H,2-3,6-7,10-11H2,1H3. The fourth-order valence-electron chi connectivity index (χ4n) is 2.25. The van der Waals surface area contributed by atoms with Crippen LogP contribution in [0.25, 0.3) is 0 Å². The Hall–Kier alpha value is -1.30. The molecule has 0 heterocycles. The van der Waals surface area contributed by atoms with E-state index in [0.717, 1.165) is 12.8 Å². The van der Waals surface area contributed by atoms with Gasteiger partial charge in [0.05, 0.1) is 19.8 Å². The van der Waals surface area contributed by atoms with E-state index < -0.39 is 6.10 Å². The fraction of sp³-hybridized carbons (Fsp3) is 0.600. The van der Waals surface area contributed by atoms with Crippen LogP contribution >= 0.6 is 0 Å². The van der Waals surface area contributed by atoms with Crippen LogP contribution in [-0.2, 0) is 4.84 Å². The Kier molecular flexibility index (Phi) is 6.11. The molecule has 0 radical (unpaired) electrons. The maximum atomic E-state index is 9.84. The highest BCUT2D eigenvalue weighted by molar-refractivity contribution is 5.39. The zero-order chi connectivity index (χ0) is 14.2. The number of methoxy groups -OCH3 is 1. The van der Waals surface area contributed by atoms with Gasteiger partial charge in [-0.3, -0.25) is 4.84 Å². The Balaban J connectivity index is 1.65. The van der Waals surface area contributed by atoms with Crippen molar-refractivity contribution in [2.75, 3.05) is 20.3 Å². The van der Waals surface area contributed by atoms with Crippen LogP contribution in [0.15, 0.2) is 24.3 Å². The van der Waals surface area contributed by atoms with Crippen LogP contribution in [-0.4, -0.2) is 37.6 Å². The lowest BCUT2D eigenvalue weighted by molar-refractivity contribution is -0.0418. The fourth-order valence-corrected chi connectivity index (χ4v) is 2.25. The Morgan fingerprint density at radius 1 is 1.25 bits per heavy atom. The van der Waals surface area contributed by atoms with Crippen molar-refractivity contribution in [3.63, 3.8) is 0 Å². The quantitative estimate of drug-likeness (QED) is 0.713. The topological polar surface area (TPSA) is 60.0 Å². The second kappa shape index (κ2) is 8.09. The molecule has 20 heavy (non-hydrogen) atoms. The lowest BCUT2D eigenvalue weighted by atomic mass is 10.3. The molecule has 1 aliphatic rings. The summed E-state index contributed by atoms with van der Waals surface area (Å²) in [7, 11) is 1.59. The molecule has 1 unspecified atom stereocenters. The average molecular weight is 281 g/mol. The largest absolute Gasteiger partial charge is 0.493 e. The summed E-state index contributed by atoms with van der Waals surface area (Å²) in [5.74, 6) is 1.29. The zero-order valence-electron chi connectivity index (χ0n) is 11.9. The highest BCUT2D eigenvalue weighted by Crippen LogP contribution is 2.25. The molecule has 0 saturated heterocycles. The second-order valence-corrected chi connectivity index (χ2v) is 4.99. The summed E-state index contributed by atoms with van der Waals surface area (Å²) in [6, 6.07) is 7.38. The molecule has 2 rings (SSSR count). The first kappa shape index (κ1) is 15.1. The number of aliphatic hydroxyl groups is 1. The number of para-hydroxylation sites is 2. The van der Waals surface area contributed by atoms with Gasteiger partial charge in [-0.15, -0.1) is 0 Å². The van der Waals surface area contributed by atoms with E-state index >= 15 is 0 Å². The van der Waals surface area contributed by atoms with Gasteiger partial charge in [-0.05, 0) is 25.0 Å². The number of nitrogens with one attached hydrogen (secondary N) is 1. The van der Waals surface area contributed by atoms with Crippen LogP contribution in [0.2, 0.25) is 0 Å². The minimum atomic E-state index is -0.624. The average Bonchev–Trinajstić information content (AvgIpc) is 2.98. The number of rotatable bonds is 8. The van der Waals surface area contributed by atoms with Crippen molar-refractivity contribution in [3.8, 4) is 11.5 Å². The number of aliphatic hydroxyl groups excluding tert-OH is 1. The van der Waals surface area contributed by atoms with E-state index in [1.165, 1.54) is 12.8 Å². The Bertz CT molecular complexity index is 393. The number of hydroxylamine groups is 1. The highest BCUT2D eigenvalue weighted by atomic mass is 16.7. The van der Waals surface area contributed by atoms with Gasteiger partial charge in [0.15, 0.2) is 11.5 Å². The van der Waals surface area contributed by atoms with Crippen LogP contribution in [0, 0.1) is 0 Å². The molecular weight excluding hydrogens is 258 g/mol. The van der Waals surface area contributed by atoms with Crippen LogP contribution in [0.1, 0.15) is 25.7 Å². The Labute approximate surface area is 119 Å². The summed E-state index contributed by atoms with van der Waals surface area (Å²) in [5.41, 5.74) is 2.83. The maximum Gasteiger partial charge on any atom is 0.161 e. The molecule has 0 spiro atoms. The Morgan fingerprint density at radius 3 is 2.65 bits per heavy atom. The van der Waals surface area contributed by atoms with Crippen molar-refractivity contribution in [2.24, 2.45) is 0 Å². The van der Waals surface area contributed by atoms with E-state index in [1.807, 2.05) is 24.3 Å². The molecule has 1 aromatic carbocycles. The first-order valence-corrected chi connectivity index (χ1v) is 7.12. The molecule has 112 valence electrons. The molecule has 5 nitrogen and oxygen atoms in total. The molecule has 0 aromatic heterocycles. The third kappa shape index (κ3) is 4.67. The van der Waals surface area contributed by atoms with Crippen LogP contribution in [0.4, 0.5) is 0 Å². The second-order valence-electron chi connectivity index (χ2n) is 4.99. The molecule has 2 N–H and O–H groups in total. The third-order valence-electron chi connectivity index (χ3n) is 3.37. The molecule has 1 fully saturated rings.